The number of hydrogen-bond acceptors (Lipinski definition) is 2. The van der Waals surface area contributed by atoms with Gasteiger partial charge < -0.3 is 4.57 Å². The highest BCUT2D eigenvalue weighted by Crippen LogP contribution is 2.29. The molecule has 0 atom stereocenters. The molecular formula is C8H7Cl3N2O. The predicted molar refractivity (Wildman–Crippen MR) is 57.0 cm³/mol. The van der Waals surface area contributed by atoms with Crippen LogP contribution in [-0.2, 0) is 6.54 Å². The first-order valence-corrected chi connectivity index (χ1v) is 4.83. The van der Waals surface area contributed by atoms with E-state index in [0.717, 1.165) is 0 Å². The highest BCUT2D eigenvalue weighted by Gasteiger charge is 2.34. The monoisotopic (exact) mass is 252 g/mol. The van der Waals surface area contributed by atoms with E-state index in [1.165, 1.54) is 6.20 Å². The molecule has 0 spiro atoms. The molecule has 0 aliphatic carbocycles. The molecule has 1 heterocycles. The number of carbonyl (C=O) groups is 1. The van der Waals surface area contributed by atoms with Crippen molar-refractivity contribution in [1.82, 2.24) is 9.55 Å². The summed E-state index contributed by atoms with van der Waals surface area (Å²) in [7, 11) is 0. The fourth-order valence-electron chi connectivity index (χ4n) is 0.931. The maximum atomic E-state index is 11.5. The number of rotatable bonds is 3. The molecule has 1 aromatic rings. The van der Waals surface area contributed by atoms with Crippen LogP contribution in [-0.4, -0.2) is 19.1 Å². The first-order chi connectivity index (χ1) is 6.46. The van der Waals surface area contributed by atoms with E-state index >= 15 is 0 Å². The molecule has 14 heavy (non-hydrogen) atoms. The lowest BCUT2D eigenvalue weighted by Crippen LogP contribution is -2.23. The van der Waals surface area contributed by atoms with Crippen LogP contribution in [0.25, 0.3) is 0 Å². The summed E-state index contributed by atoms with van der Waals surface area (Å²) in [5.74, 6) is -0.528. The molecule has 6 heteroatoms. The van der Waals surface area contributed by atoms with E-state index in [4.69, 9.17) is 34.8 Å². The molecule has 0 N–H and O–H groups in total. The minimum Gasteiger partial charge on any atom is -0.325 e. The maximum absolute atomic E-state index is 11.5. The smallest absolute Gasteiger partial charge is 0.256 e. The zero-order valence-electron chi connectivity index (χ0n) is 7.08. The normalized spacial score (nSPS) is 11.4. The van der Waals surface area contributed by atoms with Crippen LogP contribution in [0.3, 0.4) is 0 Å². The van der Waals surface area contributed by atoms with Gasteiger partial charge in [0.2, 0.25) is 5.78 Å². The summed E-state index contributed by atoms with van der Waals surface area (Å²) in [5, 5.41) is 0. The molecule has 0 amide bonds. The van der Waals surface area contributed by atoms with E-state index in [-0.39, 0.29) is 5.82 Å². The Hall–Kier alpha value is -0.510. The number of allylic oxidation sites excluding steroid dienone is 1. The lowest BCUT2D eigenvalue weighted by Gasteiger charge is -2.09. The Morgan fingerprint density at radius 2 is 2.29 bits per heavy atom. The van der Waals surface area contributed by atoms with Gasteiger partial charge in [-0.3, -0.25) is 4.79 Å². The Kier molecular flexibility index (Phi) is 3.59. The summed E-state index contributed by atoms with van der Waals surface area (Å²) in [6.07, 6.45) is 4.70. The fraction of sp³-hybridized carbons (Fsp3) is 0.250. The van der Waals surface area contributed by atoms with Crippen molar-refractivity contribution in [3.63, 3.8) is 0 Å². The highest BCUT2D eigenvalue weighted by atomic mass is 35.6. The van der Waals surface area contributed by atoms with Crippen molar-refractivity contribution in [2.24, 2.45) is 0 Å². The van der Waals surface area contributed by atoms with Crippen molar-refractivity contribution in [3.05, 3.63) is 30.9 Å². The predicted octanol–water partition coefficient (Wildman–Crippen LogP) is 2.62. The molecule has 76 valence electrons. The molecule has 0 unspecified atom stereocenters. The molecule has 0 aliphatic heterocycles. The summed E-state index contributed by atoms with van der Waals surface area (Å²) in [6, 6.07) is 0. The van der Waals surface area contributed by atoms with Crippen LogP contribution >= 0.6 is 34.8 Å². The summed E-state index contributed by atoms with van der Waals surface area (Å²) < 4.78 is -0.415. The Morgan fingerprint density at radius 3 is 2.79 bits per heavy atom. The number of carbonyl (C=O) groups excluding carboxylic acids is 1. The molecular weight excluding hydrogens is 246 g/mol. The van der Waals surface area contributed by atoms with Crippen LogP contribution in [0.1, 0.15) is 10.6 Å². The van der Waals surface area contributed by atoms with Crippen LogP contribution in [0.15, 0.2) is 25.0 Å². The van der Waals surface area contributed by atoms with Gasteiger partial charge in [-0.2, -0.15) is 0 Å². The third kappa shape index (κ3) is 2.50. The average molecular weight is 254 g/mol. The van der Waals surface area contributed by atoms with Crippen LogP contribution in [0.4, 0.5) is 0 Å². The molecule has 0 aliphatic rings. The summed E-state index contributed by atoms with van der Waals surface area (Å²) in [5.41, 5.74) is 0. The second-order valence-electron chi connectivity index (χ2n) is 2.52. The van der Waals surface area contributed by atoms with Crippen molar-refractivity contribution in [2.75, 3.05) is 0 Å². The van der Waals surface area contributed by atoms with Gasteiger partial charge in [-0.15, -0.1) is 6.58 Å². The van der Waals surface area contributed by atoms with Crippen molar-refractivity contribution >= 4 is 40.6 Å². The minimum absolute atomic E-state index is 0.116. The zero-order chi connectivity index (χ0) is 10.8. The van der Waals surface area contributed by atoms with Gasteiger partial charge >= 0.3 is 0 Å². The van der Waals surface area contributed by atoms with Gasteiger partial charge in [0.25, 0.3) is 3.79 Å². The summed E-state index contributed by atoms with van der Waals surface area (Å²) in [6.45, 7) is 3.99. The van der Waals surface area contributed by atoms with Crippen molar-refractivity contribution in [3.8, 4) is 0 Å². The van der Waals surface area contributed by atoms with Gasteiger partial charge in [0.15, 0.2) is 5.82 Å². The third-order valence-corrected chi connectivity index (χ3v) is 2.02. The second kappa shape index (κ2) is 4.34. The number of Topliss-reactive ketones (excluding diaryl/α,β-unsaturated/α-hetero) is 1. The topological polar surface area (TPSA) is 34.9 Å². The van der Waals surface area contributed by atoms with Gasteiger partial charge in [0, 0.05) is 18.9 Å². The molecule has 0 saturated carbocycles. The molecule has 0 saturated heterocycles. The van der Waals surface area contributed by atoms with Crippen molar-refractivity contribution < 1.29 is 4.79 Å². The molecule has 0 radical (unpaired) electrons. The number of nitrogens with zero attached hydrogens (tertiary/aromatic N) is 2. The minimum atomic E-state index is -1.97. The lowest BCUT2D eigenvalue weighted by molar-refractivity contribution is 0.0983. The Morgan fingerprint density at radius 1 is 1.64 bits per heavy atom. The Balaban J connectivity index is 3.01. The lowest BCUT2D eigenvalue weighted by atomic mass is 10.4. The number of hydrogen-bond donors (Lipinski definition) is 0. The van der Waals surface area contributed by atoms with Gasteiger partial charge in [0.1, 0.15) is 0 Å². The maximum Gasteiger partial charge on any atom is 0.256 e. The van der Waals surface area contributed by atoms with Crippen molar-refractivity contribution in [1.29, 1.82) is 0 Å². The van der Waals surface area contributed by atoms with Gasteiger partial charge in [-0.25, -0.2) is 4.98 Å². The number of ketones is 1. The zero-order valence-corrected chi connectivity index (χ0v) is 9.35. The Labute approximate surface area is 96.3 Å². The van der Waals surface area contributed by atoms with Crippen LogP contribution in [0.2, 0.25) is 0 Å². The number of imidazole rings is 1. The van der Waals surface area contributed by atoms with E-state index in [0.29, 0.717) is 6.54 Å². The summed E-state index contributed by atoms with van der Waals surface area (Å²) >= 11 is 16.3. The molecule has 3 nitrogen and oxygen atoms in total. The first-order valence-electron chi connectivity index (χ1n) is 3.70. The molecule has 0 fully saturated rings. The van der Waals surface area contributed by atoms with E-state index in [1.54, 1.807) is 16.8 Å². The van der Waals surface area contributed by atoms with E-state index < -0.39 is 9.58 Å². The van der Waals surface area contributed by atoms with E-state index in [2.05, 4.69) is 11.6 Å². The van der Waals surface area contributed by atoms with E-state index in [1.807, 2.05) is 0 Å². The Bertz CT molecular complexity index is 354. The fourth-order valence-corrected chi connectivity index (χ4v) is 1.18. The SMILES string of the molecule is C=CCn1ccnc1C(=O)C(Cl)(Cl)Cl. The standard InChI is InChI=1S/C8H7Cl3N2O/c1-2-4-13-5-3-12-7(13)6(14)8(9,10)11/h2-3,5H,1,4H2. The summed E-state index contributed by atoms with van der Waals surface area (Å²) in [4.78, 5) is 15.3. The molecule has 1 aromatic heterocycles. The van der Waals surface area contributed by atoms with Gasteiger partial charge in [0.05, 0.1) is 0 Å². The van der Waals surface area contributed by atoms with Crippen molar-refractivity contribution in [2.45, 2.75) is 10.3 Å². The van der Waals surface area contributed by atoms with Crippen LogP contribution in [0.5, 0.6) is 0 Å². The van der Waals surface area contributed by atoms with Crippen LogP contribution in [0, 0.1) is 0 Å². The second-order valence-corrected chi connectivity index (χ2v) is 4.80. The van der Waals surface area contributed by atoms with Gasteiger partial charge in [-0.05, 0) is 0 Å². The number of halogens is 3. The van der Waals surface area contributed by atoms with E-state index in [9.17, 15) is 4.79 Å². The number of alkyl halides is 3. The third-order valence-electron chi connectivity index (χ3n) is 1.50. The largest absolute Gasteiger partial charge is 0.325 e. The van der Waals surface area contributed by atoms with Gasteiger partial charge in [-0.1, -0.05) is 40.9 Å². The highest BCUT2D eigenvalue weighted by molar-refractivity contribution is 6.77. The molecule has 1 rings (SSSR count). The average Bonchev–Trinajstić information content (AvgIpc) is 2.50. The molecule has 0 aromatic carbocycles. The molecule has 0 bridgehead atoms. The number of aromatic nitrogens is 2. The van der Waals surface area contributed by atoms with Crippen LogP contribution < -0.4 is 0 Å². The quantitative estimate of drug-likeness (QED) is 0.471. The first kappa shape index (κ1) is 11.6.